The number of anilines is 1. The Hall–Kier alpha value is -2.99. The zero-order chi connectivity index (χ0) is 18.1. The third-order valence-electron chi connectivity index (χ3n) is 4.66. The maximum absolute atomic E-state index is 9.51. The normalized spacial score (nSPS) is 12.8. The van der Waals surface area contributed by atoms with Crippen LogP contribution in [0.15, 0.2) is 48.9 Å². The van der Waals surface area contributed by atoms with Crippen molar-refractivity contribution in [1.82, 2.24) is 19.9 Å². The van der Waals surface area contributed by atoms with Crippen molar-refractivity contribution in [2.75, 3.05) is 11.9 Å². The molecule has 1 aromatic carbocycles. The van der Waals surface area contributed by atoms with Gasteiger partial charge in [0.2, 0.25) is 5.95 Å². The van der Waals surface area contributed by atoms with Gasteiger partial charge in [0.05, 0.1) is 18.2 Å². The van der Waals surface area contributed by atoms with Crippen molar-refractivity contribution in [3.05, 3.63) is 48.9 Å². The molecule has 0 unspecified atom stereocenters. The summed E-state index contributed by atoms with van der Waals surface area (Å²) in [6.45, 7) is 4.15. The zero-order valence-electron chi connectivity index (χ0n) is 14.8. The number of aliphatic hydroxyl groups is 1. The first kappa shape index (κ1) is 16.5. The van der Waals surface area contributed by atoms with Gasteiger partial charge >= 0.3 is 0 Å². The molecule has 0 aliphatic carbocycles. The van der Waals surface area contributed by atoms with E-state index in [0.717, 1.165) is 33.1 Å². The fourth-order valence-corrected chi connectivity index (χ4v) is 3.04. The van der Waals surface area contributed by atoms with E-state index < -0.39 is 0 Å². The Morgan fingerprint density at radius 3 is 2.88 bits per heavy atom. The summed E-state index contributed by atoms with van der Waals surface area (Å²) in [6.07, 6.45) is 5.56. The monoisotopic (exact) mass is 347 g/mol. The van der Waals surface area contributed by atoms with Crippen LogP contribution in [0.25, 0.3) is 33.1 Å². The summed E-state index contributed by atoms with van der Waals surface area (Å²) in [5, 5.41) is 14.8. The van der Waals surface area contributed by atoms with E-state index in [2.05, 4.69) is 57.3 Å². The number of nitrogens with zero attached hydrogens (tertiary/aromatic N) is 3. The van der Waals surface area contributed by atoms with Crippen LogP contribution < -0.4 is 5.32 Å². The second-order valence-electron chi connectivity index (χ2n) is 6.75. The number of benzene rings is 1. The van der Waals surface area contributed by atoms with Crippen molar-refractivity contribution in [1.29, 1.82) is 0 Å². The van der Waals surface area contributed by atoms with Crippen LogP contribution in [0.5, 0.6) is 0 Å². The average Bonchev–Trinajstić information content (AvgIpc) is 3.09. The Bertz CT molecular complexity index is 1060. The van der Waals surface area contributed by atoms with Crippen LogP contribution in [0, 0.1) is 5.92 Å². The topological polar surface area (TPSA) is 86.7 Å². The third kappa shape index (κ3) is 2.99. The highest BCUT2D eigenvalue weighted by atomic mass is 16.3. The van der Waals surface area contributed by atoms with Gasteiger partial charge in [0, 0.05) is 34.9 Å². The first-order chi connectivity index (χ1) is 12.7. The molecule has 0 saturated heterocycles. The first-order valence-electron chi connectivity index (χ1n) is 8.72. The fourth-order valence-electron chi connectivity index (χ4n) is 3.04. The number of rotatable bonds is 5. The smallest absolute Gasteiger partial charge is 0.223 e. The van der Waals surface area contributed by atoms with Crippen LogP contribution in [0.2, 0.25) is 0 Å². The first-order valence-corrected chi connectivity index (χ1v) is 8.72. The summed E-state index contributed by atoms with van der Waals surface area (Å²) >= 11 is 0. The summed E-state index contributed by atoms with van der Waals surface area (Å²) in [5.74, 6) is 0.812. The molecule has 26 heavy (non-hydrogen) atoms. The van der Waals surface area contributed by atoms with E-state index in [9.17, 15) is 5.11 Å². The zero-order valence-corrected chi connectivity index (χ0v) is 14.8. The fraction of sp³-hybridized carbons (Fsp3) is 0.250. The number of pyridine rings is 1. The lowest BCUT2D eigenvalue weighted by atomic mass is 10.0. The predicted octanol–water partition coefficient (Wildman–Crippen LogP) is 3.60. The summed E-state index contributed by atoms with van der Waals surface area (Å²) < 4.78 is 0. The number of H-pyrrole nitrogens is 1. The molecule has 0 bridgehead atoms. The Kier molecular flexibility index (Phi) is 4.26. The number of hydrogen-bond donors (Lipinski definition) is 3. The maximum Gasteiger partial charge on any atom is 0.223 e. The minimum atomic E-state index is -0.0738. The Labute approximate surface area is 151 Å². The van der Waals surface area contributed by atoms with Crippen molar-refractivity contribution >= 4 is 27.9 Å². The molecule has 6 nitrogen and oxygen atoms in total. The summed E-state index contributed by atoms with van der Waals surface area (Å²) in [4.78, 5) is 16.6. The van der Waals surface area contributed by atoms with Crippen molar-refractivity contribution in [2.45, 2.75) is 19.9 Å². The minimum Gasteiger partial charge on any atom is -0.394 e. The molecule has 132 valence electrons. The average molecular weight is 347 g/mol. The van der Waals surface area contributed by atoms with E-state index in [1.165, 1.54) is 0 Å². The van der Waals surface area contributed by atoms with Crippen LogP contribution >= 0.6 is 0 Å². The van der Waals surface area contributed by atoms with Crippen molar-refractivity contribution < 1.29 is 5.11 Å². The van der Waals surface area contributed by atoms with Crippen LogP contribution in [-0.4, -0.2) is 37.7 Å². The molecule has 0 aliphatic rings. The second kappa shape index (κ2) is 6.72. The third-order valence-corrected chi connectivity index (χ3v) is 4.66. The standard InChI is InChI=1S/C20H21N5O/c1-12(2)18(11-26)25-20-23-9-14-6-5-13(8-17(14)24-20)16-10-22-19-15(16)4-3-7-21-19/h3-10,12,18,26H,11H2,1-2H3,(H,21,22)(H,23,24,25)/t18-/m0/s1. The van der Waals surface area contributed by atoms with Crippen molar-refractivity contribution in [2.24, 2.45) is 5.92 Å². The minimum absolute atomic E-state index is 0.0431. The molecule has 0 fully saturated rings. The van der Waals surface area contributed by atoms with Gasteiger partial charge in [0.15, 0.2) is 0 Å². The molecule has 4 rings (SSSR count). The van der Waals surface area contributed by atoms with Crippen LogP contribution in [0.4, 0.5) is 5.95 Å². The quantitative estimate of drug-likeness (QED) is 0.513. The molecule has 0 saturated carbocycles. The number of aromatic amines is 1. The number of aliphatic hydroxyl groups excluding tert-OH is 1. The van der Waals surface area contributed by atoms with E-state index in [1.807, 2.05) is 18.3 Å². The predicted molar refractivity (Wildman–Crippen MR) is 104 cm³/mol. The van der Waals surface area contributed by atoms with Gasteiger partial charge in [-0.2, -0.15) is 0 Å². The Balaban J connectivity index is 1.74. The van der Waals surface area contributed by atoms with E-state index in [1.54, 1.807) is 12.4 Å². The van der Waals surface area contributed by atoms with E-state index in [4.69, 9.17) is 0 Å². The molecule has 3 N–H and O–H groups in total. The lowest BCUT2D eigenvalue weighted by molar-refractivity contribution is 0.248. The molecule has 0 spiro atoms. The van der Waals surface area contributed by atoms with Gasteiger partial charge in [0.25, 0.3) is 0 Å². The molecular formula is C20H21N5O. The molecule has 6 heteroatoms. The second-order valence-corrected chi connectivity index (χ2v) is 6.75. The molecule has 0 amide bonds. The molecule has 4 aromatic rings. The SMILES string of the molecule is CC(C)[C@H](CO)Nc1ncc2ccc(-c3c[nH]c4ncccc34)cc2n1. The van der Waals surface area contributed by atoms with Gasteiger partial charge in [-0.15, -0.1) is 0 Å². The Morgan fingerprint density at radius 2 is 2.08 bits per heavy atom. The van der Waals surface area contributed by atoms with Crippen LogP contribution in [-0.2, 0) is 0 Å². The summed E-state index contributed by atoms with van der Waals surface area (Å²) in [7, 11) is 0. The van der Waals surface area contributed by atoms with Crippen molar-refractivity contribution in [3.63, 3.8) is 0 Å². The maximum atomic E-state index is 9.51. The summed E-state index contributed by atoms with van der Waals surface area (Å²) in [6, 6.07) is 10.1. The lowest BCUT2D eigenvalue weighted by Gasteiger charge is -2.19. The number of nitrogens with one attached hydrogen (secondary N) is 2. The van der Waals surface area contributed by atoms with Gasteiger partial charge in [-0.25, -0.2) is 15.0 Å². The lowest BCUT2D eigenvalue weighted by Crippen LogP contribution is -2.30. The van der Waals surface area contributed by atoms with Gasteiger partial charge < -0.3 is 15.4 Å². The van der Waals surface area contributed by atoms with Crippen LogP contribution in [0.1, 0.15) is 13.8 Å². The largest absolute Gasteiger partial charge is 0.394 e. The van der Waals surface area contributed by atoms with Gasteiger partial charge in [-0.05, 0) is 29.7 Å². The Morgan fingerprint density at radius 1 is 1.19 bits per heavy atom. The number of hydrogen-bond acceptors (Lipinski definition) is 5. The van der Waals surface area contributed by atoms with Gasteiger partial charge in [-0.1, -0.05) is 26.0 Å². The molecular weight excluding hydrogens is 326 g/mol. The highest BCUT2D eigenvalue weighted by Crippen LogP contribution is 2.29. The summed E-state index contributed by atoms with van der Waals surface area (Å²) in [5.41, 5.74) is 3.90. The highest BCUT2D eigenvalue weighted by molar-refractivity contribution is 5.96. The van der Waals surface area contributed by atoms with Crippen molar-refractivity contribution in [3.8, 4) is 11.1 Å². The van der Waals surface area contributed by atoms with Gasteiger partial charge in [-0.3, -0.25) is 0 Å². The van der Waals surface area contributed by atoms with E-state index >= 15 is 0 Å². The van der Waals surface area contributed by atoms with E-state index in [-0.39, 0.29) is 18.6 Å². The molecule has 3 heterocycles. The highest BCUT2D eigenvalue weighted by Gasteiger charge is 2.14. The number of fused-ring (bicyclic) bond motifs is 2. The van der Waals surface area contributed by atoms with Crippen LogP contribution in [0.3, 0.4) is 0 Å². The molecule has 3 aromatic heterocycles. The number of aromatic nitrogens is 4. The molecule has 1 atom stereocenters. The molecule has 0 aliphatic heterocycles. The van der Waals surface area contributed by atoms with E-state index in [0.29, 0.717) is 5.95 Å². The molecule has 0 radical (unpaired) electrons. The van der Waals surface area contributed by atoms with Gasteiger partial charge in [0.1, 0.15) is 5.65 Å².